The number of rotatable bonds is 12. The van der Waals surface area contributed by atoms with Gasteiger partial charge in [0.25, 0.3) is 0 Å². The molecule has 0 bridgehead atoms. The fourth-order valence-corrected chi connectivity index (χ4v) is 12.6. The molecule has 3 fully saturated rings. The first-order valence-corrected chi connectivity index (χ1v) is 13.0. The molecule has 0 aromatic heterocycles. The first-order chi connectivity index (χ1) is 12.5. The van der Waals surface area contributed by atoms with E-state index in [0.29, 0.717) is 32.8 Å². The lowest BCUT2D eigenvalue weighted by Crippen LogP contribution is -2.65. The Bertz CT molecular complexity index is 413. The van der Waals surface area contributed by atoms with Gasteiger partial charge in [-0.1, -0.05) is 0 Å². The molecule has 0 spiro atoms. The van der Waals surface area contributed by atoms with Crippen molar-refractivity contribution < 1.29 is 43.4 Å². The van der Waals surface area contributed by atoms with Crippen molar-refractivity contribution in [2.24, 2.45) is 0 Å². The molecule has 0 radical (unpaired) electrons. The van der Waals surface area contributed by atoms with Crippen LogP contribution in [0.2, 0.25) is 12.1 Å². The Morgan fingerprint density at radius 3 is 1.65 bits per heavy atom. The van der Waals surface area contributed by atoms with Crippen LogP contribution in [0.5, 0.6) is 0 Å². The van der Waals surface area contributed by atoms with Gasteiger partial charge in [0, 0.05) is 19.6 Å². The average Bonchev–Trinajstić information content (AvgIpc) is 3.53. The molecule has 3 aliphatic heterocycles. The number of hydrogen-bond acceptors (Lipinski definition) is 9. The molecule has 3 saturated heterocycles. The summed E-state index contributed by atoms with van der Waals surface area (Å²) in [4.78, 5) is 9.71. The molecule has 11 heteroatoms. The zero-order valence-corrected chi connectivity index (χ0v) is 17.7. The van der Waals surface area contributed by atoms with Gasteiger partial charge in [-0.25, -0.2) is 9.78 Å². The monoisotopic (exact) mass is 410 g/mol. The summed E-state index contributed by atoms with van der Waals surface area (Å²) in [5.41, 5.74) is 0. The minimum Gasteiger partial charge on any atom is -0.456 e. The fraction of sp³-hybridized carbons (Fsp3) is 1.00. The zero-order valence-electron chi connectivity index (χ0n) is 15.4. The van der Waals surface area contributed by atoms with Gasteiger partial charge in [0.1, 0.15) is 23.7 Å². The van der Waals surface area contributed by atoms with Crippen LogP contribution < -0.4 is 0 Å². The third-order valence-electron chi connectivity index (χ3n) is 5.24. The maximum Gasteiger partial charge on any atom is 0.200 e. The lowest BCUT2D eigenvalue weighted by Gasteiger charge is -2.49. The first kappa shape index (κ1) is 20.8. The second kappa shape index (κ2) is 9.05. The first-order valence-electron chi connectivity index (χ1n) is 9.26. The highest BCUT2D eigenvalue weighted by molar-refractivity contribution is 6.71. The molecule has 2 N–H and O–H groups in total. The molecule has 0 aromatic carbocycles. The van der Waals surface area contributed by atoms with Crippen LogP contribution in [0.4, 0.5) is 0 Å². The van der Waals surface area contributed by atoms with Crippen LogP contribution in [-0.4, -0.2) is 78.1 Å². The molecule has 9 nitrogen and oxygen atoms in total. The van der Waals surface area contributed by atoms with Crippen molar-refractivity contribution in [3.8, 4) is 0 Å². The lowest BCUT2D eigenvalue weighted by atomic mass is 10.2. The zero-order chi connectivity index (χ0) is 18.6. The quantitative estimate of drug-likeness (QED) is 0.160. The summed E-state index contributed by atoms with van der Waals surface area (Å²) in [7, 11) is -3.80. The molecule has 0 aliphatic carbocycles. The van der Waals surface area contributed by atoms with E-state index in [0.717, 1.165) is 24.9 Å². The Labute approximate surface area is 156 Å². The summed E-state index contributed by atoms with van der Waals surface area (Å²) in [6, 6.07) is 1.64. The second-order valence-corrected chi connectivity index (χ2v) is 14.3. The molecular weight excluding hydrogens is 380 g/mol. The van der Waals surface area contributed by atoms with Crippen LogP contribution in [0.15, 0.2) is 0 Å². The van der Waals surface area contributed by atoms with Gasteiger partial charge in [-0.3, -0.25) is 10.5 Å². The Kier molecular flexibility index (Phi) is 7.24. The van der Waals surface area contributed by atoms with Crippen molar-refractivity contribution in [1.82, 2.24) is 0 Å². The summed E-state index contributed by atoms with van der Waals surface area (Å²) in [6.07, 6.45) is 1.98. The molecule has 6 atom stereocenters. The van der Waals surface area contributed by atoms with Gasteiger partial charge in [0.05, 0.1) is 0 Å². The summed E-state index contributed by atoms with van der Waals surface area (Å²) in [6.45, 7) is 6.23. The highest BCUT2D eigenvalue weighted by atomic mass is 28.4. The molecule has 0 aromatic rings. The van der Waals surface area contributed by atoms with Crippen molar-refractivity contribution in [2.45, 2.75) is 68.2 Å². The third-order valence-corrected chi connectivity index (χ3v) is 13.1. The topological polar surface area (TPSA) is 112 Å². The number of epoxide rings is 2. The van der Waals surface area contributed by atoms with E-state index >= 15 is 0 Å². The van der Waals surface area contributed by atoms with E-state index in [4.69, 9.17) is 32.8 Å². The van der Waals surface area contributed by atoms with Gasteiger partial charge in [0.2, 0.25) is 0 Å². The molecule has 3 rings (SSSR count). The fourth-order valence-electron chi connectivity index (χ4n) is 3.58. The van der Waals surface area contributed by atoms with Gasteiger partial charge >= 0.3 is 0 Å². The molecule has 152 valence electrons. The highest BCUT2D eigenvalue weighted by Crippen LogP contribution is 2.39. The predicted molar refractivity (Wildman–Crippen MR) is 94.5 cm³/mol. The van der Waals surface area contributed by atoms with E-state index in [-0.39, 0.29) is 12.6 Å². The molecule has 26 heavy (non-hydrogen) atoms. The Morgan fingerprint density at radius 1 is 0.885 bits per heavy atom. The van der Waals surface area contributed by atoms with E-state index in [1.807, 2.05) is 13.8 Å². The standard InChI is InChI=1S/C15H30O9Si2/c1-14(22-16)11-15(2,23-17)26(8-4-6-19-13-10-21-13)24-25(14)7-3-5-18-12-9-20-12/h12-13,16-17,25-26H,3-11H2,1-2H3. The van der Waals surface area contributed by atoms with Crippen molar-refractivity contribution in [1.29, 1.82) is 0 Å². The van der Waals surface area contributed by atoms with Crippen LogP contribution in [-0.2, 0) is 32.8 Å². The van der Waals surface area contributed by atoms with Gasteiger partial charge in [-0.05, 0) is 38.8 Å². The Morgan fingerprint density at radius 2 is 1.31 bits per heavy atom. The van der Waals surface area contributed by atoms with E-state index < -0.39 is 28.5 Å². The van der Waals surface area contributed by atoms with Crippen LogP contribution in [0.25, 0.3) is 0 Å². The van der Waals surface area contributed by atoms with Gasteiger partial charge in [-0.15, -0.1) is 0 Å². The smallest absolute Gasteiger partial charge is 0.200 e. The highest BCUT2D eigenvalue weighted by Gasteiger charge is 2.55. The molecule has 3 aliphatic rings. The van der Waals surface area contributed by atoms with E-state index in [1.54, 1.807) is 0 Å². The van der Waals surface area contributed by atoms with Crippen molar-refractivity contribution >= 4 is 18.1 Å². The van der Waals surface area contributed by atoms with Gasteiger partial charge in [0.15, 0.2) is 30.7 Å². The summed E-state index contributed by atoms with van der Waals surface area (Å²) >= 11 is 0. The Balaban J connectivity index is 1.52. The number of hydrogen-bond donors (Lipinski definition) is 2. The lowest BCUT2D eigenvalue weighted by molar-refractivity contribution is -0.337. The summed E-state index contributed by atoms with van der Waals surface area (Å²) in [5.74, 6) is 0. The van der Waals surface area contributed by atoms with Crippen molar-refractivity contribution in [3.63, 3.8) is 0 Å². The normalized spacial score (nSPS) is 42.0. The van der Waals surface area contributed by atoms with Gasteiger partial charge in [-0.2, -0.15) is 0 Å². The van der Waals surface area contributed by atoms with E-state index in [1.165, 1.54) is 0 Å². The maximum atomic E-state index is 9.52. The van der Waals surface area contributed by atoms with Crippen molar-refractivity contribution in [3.05, 3.63) is 0 Å². The van der Waals surface area contributed by atoms with Gasteiger partial charge < -0.3 is 23.1 Å². The average molecular weight is 411 g/mol. The third kappa shape index (κ3) is 5.55. The predicted octanol–water partition coefficient (Wildman–Crippen LogP) is 0.955. The molecule has 3 heterocycles. The van der Waals surface area contributed by atoms with E-state index in [2.05, 4.69) is 0 Å². The van der Waals surface area contributed by atoms with Crippen LogP contribution >= 0.6 is 0 Å². The molecule has 6 unspecified atom stereocenters. The maximum absolute atomic E-state index is 9.52. The minimum atomic E-state index is -1.90. The summed E-state index contributed by atoms with van der Waals surface area (Å²) < 4.78 is 27.5. The Hall–Kier alpha value is 0.0738. The SMILES string of the molecule is CC1(OO)CC(C)(OO)[SiH](CCCOC2CO2)O[SiH]1CCCOC1CO1. The molecule has 0 amide bonds. The van der Waals surface area contributed by atoms with Crippen LogP contribution in [0.3, 0.4) is 0 Å². The summed E-state index contributed by atoms with van der Waals surface area (Å²) in [5, 5.41) is 17.4. The molecule has 0 saturated carbocycles. The van der Waals surface area contributed by atoms with Crippen molar-refractivity contribution in [2.75, 3.05) is 26.4 Å². The largest absolute Gasteiger partial charge is 0.456 e. The van der Waals surface area contributed by atoms with Crippen LogP contribution in [0, 0.1) is 0 Å². The van der Waals surface area contributed by atoms with E-state index in [9.17, 15) is 10.5 Å². The minimum absolute atomic E-state index is 0.0481. The van der Waals surface area contributed by atoms with Crippen LogP contribution in [0.1, 0.15) is 33.1 Å². The number of ether oxygens (including phenoxy) is 4. The molecular formula is C15H30O9Si2. The second-order valence-electron chi connectivity index (χ2n) is 7.65.